The first-order chi connectivity index (χ1) is 13.1. The molecule has 3 aliphatic heterocycles. The third kappa shape index (κ3) is 4.45. The van der Waals surface area contributed by atoms with E-state index in [1.165, 1.54) is 18.4 Å². The summed E-state index contributed by atoms with van der Waals surface area (Å²) in [5.74, 6) is 1.68. The average molecular weight is 389 g/mol. The van der Waals surface area contributed by atoms with E-state index in [9.17, 15) is 0 Å². The van der Waals surface area contributed by atoms with Gasteiger partial charge < -0.3 is 15.5 Å². The van der Waals surface area contributed by atoms with E-state index in [2.05, 4.69) is 44.1 Å². The molecule has 1 aromatic carbocycles. The second-order valence-corrected chi connectivity index (χ2v) is 8.42. The van der Waals surface area contributed by atoms with Crippen LogP contribution in [0.5, 0.6) is 0 Å². The van der Waals surface area contributed by atoms with Gasteiger partial charge in [0, 0.05) is 49.8 Å². The first-order valence-electron chi connectivity index (χ1n) is 9.91. The van der Waals surface area contributed by atoms with Gasteiger partial charge in [-0.2, -0.15) is 0 Å². The summed E-state index contributed by atoms with van der Waals surface area (Å²) >= 11 is 6.06. The quantitative estimate of drug-likeness (QED) is 0.860. The van der Waals surface area contributed by atoms with Gasteiger partial charge in [-0.1, -0.05) is 23.7 Å². The van der Waals surface area contributed by atoms with Gasteiger partial charge in [0.05, 0.1) is 6.42 Å². The minimum absolute atomic E-state index is 0.560. The standard InChI is InChI=1S/C20H29ClN6/c1-25-10-11-27(18(14-25)12-15-2-4-16(21)5-3-15)17-6-8-26(9-7-17)20-13-19(22)23-24-20/h2-5,17-18H,6-14H2,1H3,(H2,22,23). The van der Waals surface area contributed by atoms with Gasteiger partial charge >= 0.3 is 0 Å². The zero-order valence-corrected chi connectivity index (χ0v) is 16.8. The summed E-state index contributed by atoms with van der Waals surface area (Å²) in [5, 5.41) is 9.04. The number of hydrogen-bond donors (Lipinski definition) is 1. The Morgan fingerprint density at radius 1 is 1.07 bits per heavy atom. The molecule has 2 N–H and O–H groups in total. The minimum atomic E-state index is 0.560. The Kier molecular flexibility index (Phi) is 5.66. The zero-order chi connectivity index (χ0) is 18.8. The number of nitrogens with two attached hydrogens (primary N) is 1. The molecule has 2 fully saturated rings. The molecule has 0 amide bonds. The van der Waals surface area contributed by atoms with Crippen LogP contribution < -0.4 is 5.73 Å². The molecule has 0 saturated carbocycles. The molecule has 0 bridgehead atoms. The third-order valence-corrected chi connectivity index (χ3v) is 6.30. The summed E-state index contributed by atoms with van der Waals surface area (Å²) < 4.78 is 0. The van der Waals surface area contributed by atoms with Crippen molar-refractivity contribution in [1.29, 1.82) is 0 Å². The van der Waals surface area contributed by atoms with Crippen molar-refractivity contribution in [2.45, 2.75) is 37.8 Å². The Hall–Kier alpha value is -1.63. The van der Waals surface area contributed by atoms with Crippen molar-refractivity contribution in [3.05, 3.63) is 34.9 Å². The zero-order valence-electron chi connectivity index (χ0n) is 16.0. The van der Waals surface area contributed by atoms with Crippen LogP contribution in [-0.2, 0) is 6.42 Å². The Labute approximate surface area is 166 Å². The van der Waals surface area contributed by atoms with E-state index in [1.54, 1.807) is 0 Å². The van der Waals surface area contributed by atoms with E-state index in [0.717, 1.165) is 50.0 Å². The number of likely N-dealkylation sites (tertiary alicyclic amines) is 1. The van der Waals surface area contributed by atoms with E-state index in [-0.39, 0.29) is 0 Å². The van der Waals surface area contributed by atoms with Crippen molar-refractivity contribution in [1.82, 2.24) is 14.7 Å². The summed E-state index contributed by atoms with van der Waals surface area (Å²) in [6.07, 6.45) is 4.15. The third-order valence-electron chi connectivity index (χ3n) is 6.05. The fourth-order valence-corrected chi connectivity index (χ4v) is 4.69. The molecule has 146 valence electrons. The Balaban J connectivity index is 1.38. The number of hydrogen-bond acceptors (Lipinski definition) is 6. The van der Waals surface area contributed by atoms with Crippen molar-refractivity contribution >= 4 is 23.3 Å². The highest BCUT2D eigenvalue weighted by atomic mass is 35.5. The summed E-state index contributed by atoms with van der Waals surface area (Å²) in [4.78, 5) is 7.58. The molecular formula is C20H29ClN6. The van der Waals surface area contributed by atoms with Gasteiger partial charge in [-0.15, -0.1) is 10.2 Å². The number of benzene rings is 1. The highest BCUT2D eigenvalue weighted by molar-refractivity contribution is 6.30. The SMILES string of the molecule is CN1CCN(C2CCN(C3=NN=C(N)C3)CC2)C(Cc2ccc(Cl)cc2)C1. The van der Waals surface area contributed by atoms with Gasteiger partial charge in [-0.25, -0.2) is 0 Å². The molecule has 1 unspecified atom stereocenters. The molecule has 7 heteroatoms. The molecule has 0 spiro atoms. The number of piperazine rings is 1. The number of likely N-dealkylation sites (N-methyl/N-ethyl adjacent to an activating group) is 1. The van der Waals surface area contributed by atoms with Crippen molar-refractivity contribution in [2.24, 2.45) is 15.9 Å². The topological polar surface area (TPSA) is 60.5 Å². The maximum atomic E-state index is 6.06. The van der Waals surface area contributed by atoms with E-state index < -0.39 is 0 Å². The van der Waals surface area contributed by atoms with Crippen molar-refractivity contribution in [2.75, 3.05) is 39.8 Å². The van der Waals surface area contributed by atoms with Crippen LogP contribution in [-0.4, -0.2) is 78.2 Å². The molecule has 0 aliphatic carbocycles. The molecule has 6 nitrogen and oxygen atoms in total. The van der Waals surface area contributed by atoms with Gasteiger partial charge in [0.2, 0.25) is 0 Å². The van der Waals surface area contributed by atoms with Crippen LogP contribution in [0.2, 0.25) is 5.02 Å². The number of nitrogens with zero attached hydrogens (tertiary/aromatic N) is 5. The lowest BCUT2D eigenvalue weighted by Gasteiger charge is -2.47. The smallest absolute Gasteiger partial charge is 0.135 e. The molecule has 1 atom stereocenters. The Bertz CT molecular complexity index is 708. The van der Waals surface area contributed by atoms with Crippen LogP contribution in [0.25, 0.3) is 0 Å². The maximum absolute atomic E-state index is 6.06. The summed E-state index contributed by atoms with van der Waals surface area (Å²) in [5.41, 5.74) is 7.15. The van der Waals surface area contributed by atoms with Gasteiger partial charge in [0.15, 0.2) is 0 Å². The van der Waals surface area contributed by atoms with Crippen LogP contribution >= 0.6 is 11.6 Å². The molecule has 0 radical (unpaired) electrons. The Morgan fingerprint density at radius 3 is 2.48 bits per heavy atom. The first kappa shape index (κ1) is 18.7. The number of piperidine rings is 1. The molecule has 27 heavy (non-hydrogen) atoms. The predicted octanol–water partition coefficient (Wildman–Crippen LogP) is 2.04. The van der Waals surface area contributed by atoms with Gasteiger partial charge in [-0.05, 0) is 44.0 Å². The van der Waals surface area contributed by atoms with E-state index >= 15 is 0 Å². The van der Waals surface area contributed by atoms with Crippen LogP contribution in [0.3, 0.4) is 0 Å². The number of rotatable bonds is 3. The second kappa shape index (κ2) is 8.17. The monoisotopic (exact) mass is 388 g/mol. The molecular weight excluding hydrogens is 360 g/mol. The summed E-state index contributed by atoms with van der Waals surface area (Å²) in [7, 11) is 2.23. The molecule has 1 aromatic rings. The van der Waals surface area contributed by atoms with Gasteiger partial charge in [0.1, 0.15) is 11.7 Å². The van der Waals surface area contributed by atoms with Crippen molar-refractivity contribution in [3.8, 4) is 0 Å². The van der Waals surface area contributed by atoms with Crippen molar-refractivity contribution in [3.63, 3.8) is 0 Å². The highest BCUT2D eigenvalue weighted by Crippen LogP contribution is 2.25. The van der Waals surface area contributed by atoms with Crippen LogP contribution in [0.1, 0.15) is 24.8 Å². The van der Waals surface area contributed by atoms with E-state index in [4.69, 9.17) is 17.3 Å². The van der Waals surface area contributed by atoms with Crippen LogP contribution in [0.4, 0.5) is 0 Å². The van der Waals surface area contributed by atoms with E-state index in [0.29, 0.717) is 24.3 Å². The molecule has 2 saturated heterocycles. The van der Waals surface area contributed by atoms with Crippen molar-refractivity contribution < 1.29 is 0 Å². The first-order valence-corrected chi connectivity index (χ1v) is 10.3. The predicted molar refractivity (Wildman–Crippen MR) is 111 cm³/mol. The molecule has 3 heterocycles. The largest absolute Gasteiger partial charge is 0.385 e. The average Bonchev–Trinajstić information content (AvgIpc) is 3.10. The van der Waals surface area contributed by atoms with Crippen LogP contribution in [0, 0.1) is 0 Å². The lowest BCUT2D eigenvalue weighted by Crippen LogP contribution is -2.58. The lowest BCUT2D eigenvalue weighted by molar-refractivity contribution is 0.0313. The normalized spacial score (nSPS) is 25.6. The van der Waals surface area contributed by atoms with Gasteiger partial charge in [0.25, 0.3) is 0 Å². The summed E-state index contributed by atoms with van der Waals surface area (Å²) in [6.45, 7) is 5.52. The molecule has 4 rings (SSSR count). The van der Waals surface area contributed by atoms with Gasteiger partial charge in [-0.3, -0.25) is 4.90 Å². The minimum Gasteiger partial charge on any atom is -0.385 e. The number of halogens is 1. The van der Waals surface area contributed by atoms with Crippen LogP contribution in [0.15, 0.2) is 34.5 Å². The molecule has 3 aliphatic rings. The second-order valence-electron chi connectivity index (χ2n) is 7.99. The fourth-order valence-electron chi connectivity index (χ4n) is 4.57. The lowest BCUT2D eigenvalue weighted by atomic mass is 9.95. The fraction of sp³-hybridized carbons (Fsp3) is 0.600. The maximum Gasteiger partial charge on any atom is 0.135 e. The van der Waals surface area contributed by atoms with E-state index in [1.807, 2.05) is 12.1 Å². The molecule has 0 aromatic heterocycles. The summed E-state index contributed by atoms with van der Waals surface area (Å²) in [6, 6.07) is 9.54. The number of amidine groups is 2. The highest BCUT2D eigenvalue weighted by Gasteiger charge is 2.33. The Morgan fingerprint density at radius 2 is 1.81 bits per heavy atom.